The number of hydrogen-bond donors (Lipinski definition) is 2. The summed E-state index contributed by atoms with van der Waals surface area (Å²) in [7, 11) is 0. The summed E-state index contributed by atoms with van der Waals surface area (Å²) in [5, 5.41) is 22.7. The summed E-state index contributed by atoms with van der Waals surface area (Å²) >= 11 is 1.26. The zero-order valence-corrected chi connectivity index (χ0v) is 19.5. The lowest BCUT2D eigenvalue weighted by Gasteiger charge is -2.14. The van der Waals surface area contributed by atoms with Crippen LogP contribution in [0.1, 0.15) is 48.4 Å². The van der Waals surface area contributed by atoms with E-state index >= 15 is 0 Å². The minimum atomic E-state index is -0.190. The van der Waals surface area contributed by atoms with Crippen molar-refractivity contribution < 1.29 is 4.79 Å². The van der Waals surface area contributed by atoms with Crippen LogP contribution in [0.3, 0.4) is 0 Å². The molecule has 7 nitrogen and oxygen atoms in total. The van der Waals surface area contributed by atoms with Crippen molar-refractivity contribution in [2.75, 3.05) is 16.8 Å². The predicted molar refractivity (Wildman–Crippen MR) is 131 cm³/mol. The number of nitrogens with two attached hydrogens (primary N) is 1. The smallest absolute Gasteiger partial charge is 0.226 e. The number of benzene rings is 1. The van der Waals surface area contributed by atoms with Gasteiger partial charge < -0.3 is 11.1 Å². The van der Waals surface area contributed by atoms with Crippen LogP contribution in [0.15, 0.2) is 47.6 Å². The molecule has 0 aliphatic rings. The van der Waals surface area contributed by atoms with Crippen molar-refractivity contribution in [2.45, 2.75) is 38.1 Å². The lowest BCUT2D eigenvalue weighted by atomic mass is 9.94. The Morgan fingerprint density at radius 2 is 1.85 bits per heavy atom. The Kier molecular flexibility index (Phi) is 7.66. The number of nitriles is 2. The summed E-state index contributed by atoms with van der Waals surface area (Å²) in [5.74, 6) is 1.12. The molecule has 3 N–H and O–H groups in total. The third-order valence-corrected chi connectivity index (χ3v) is 6.01. The van der Waals surface area contributed by atoms with Crippen molar-refractivity contribution in [1.29, 1.82) is 10.5 Å². The van der Waals surface area contributed by atoms with Gasteiger partial charge in [-0.2, -0.15) is 10.5 Å². The Balaban J connectivity index is 1.83. The molecule has 0 spiro atoms. The Bertz CT molecular complexity index is 1260. The van der Waals surface area contributed by atoms with E-state index in [-0.39, 0.29) is 29.3 Å². The largest absolute Gasteiger partial charge is 0.383 e. The van der Waals surface area contributed by atoms with Crippen molar-refractivity contribution >= 4 is 29.3 Å². The van der Waals surface area contributed by atoms with Gasteiger partial charge >= 0.3 is 0 Å². The lowest BCUT2D eigenvalue weighted by Crippen LogP contribution is -2.13. The van der Waals surface area contributed by atoms with Gasteiger partial charge in [0, 0.05) is 23.9 Å². The molecule has 0 fully saturated rings. The van der Waals surface area contributed by atoms with Crippen LogP contribution in [0.25, 0.3) is 11.1 Å². The monoisotopic (exact) mass is 456 g/mol. The zero-order chi connectivity index (χ0) is 24.0. The molecule has 166 valence electrons. The van der Waals surface area contributed by atoms with Crippen molar-refractivity contribution in [2.24, 2.45) is 0 Å². The number of rotatable bonds is 7. The number of thioether (sulfide) groups is 1. The molecule has 8 heteroatoms. The lowest BCUT2D eigenvalue weighted by molar-refractivity contribution is -0.115. The molecule has 0 aliphatic carbocycles. The van der Waals surface area contributed by atoms with E-state index < -0.39 is 0 Å². The number of amides is 1. The molecule has 2 heterocycles. The maximum absolute atomic E-state index is 12.3. The number of hydrogen-bond acceptors (Lipinski definition) is 7. The van der Waals surface area contributed by atoms with Crippen LogP contribution in [-0.2, 0) is 4.79 Å². The second kappa shape index (κ2) is 10.6. The third-order valence-electron chi connectivity index (χ3n) is 5.03. The molecule has 0 bridgehead atoms. The fourth-order valence-corrected chi connectivity index (χ4v) is 4.21. The van der Waals surface area contributed by atoms with E-state index in [1.165, 1.54) is 11.8 Å². The van der Waals surface area contributed by atoms with E-state index in [4.69, 9.17) is 5.73 Å². The van der Waals surface area contributed by atoms with E-state index in [0.717, 1.165) is 16.7 Å². The van der Waals surface area contributed by atoms with Crippen LogP contribution in [0, 0.1) is 29.6 Å². The molecule has 1 aromatic carbocycles. The molecule has 1 amide bonds. The van der Waals surface area contributed by atoms with Gasteiger partial charge in [-0.25, -0.2) is 9.97 Å². The first-order valence-corrected chi connectivity index (χ1v) is 11.4. The summed E-state index contributed by atoms with van der Waals surface area (Å²) in [6.07, 6.45) is 1.84. The average molecular weight is 457 g/mol. The fourth-order valence-electron chi connectivity index (χ4n) is 3.28. The van der Waals surface area contributed by atoms with Gasteiger partial charge in [0.2, 0.25) is 5.91 Å². The molecular weight excluding hydrogens is 432 g/mol. The summed E-state index contributed by atoms with van der Waals surface area (Å²) < 4.78 is 0. The van der Waals surface area contributed by atoms with E-state index in [1.807, 2.05) is 37.3 Å². The number of carbonyl (C=O) groups excluding carboxylic acids is 1. The second-order valence-electron chi connectivity index (χ2n) is 7.79. The van der Waals surface area contributed by atoms with Gasteiger partial charge in [-0.3, -0.25) is 4.79 Å². The first-order chi connectivity index (χ1) is 15.8. The number of aryl methyl sites for hydroxylation is 1. The van der Waals surface area contributed by atoms with Crippen LogP contribution in [0.2, 0.25) is 0 Å². The van der Waals surface area contributed by atoms with Gasteiger partial charge in [-0.15, -0.1) is 11.8 Å². The SMILES string of the molecule is Cc1ccnc(NC(=O)CCSc2nc(N)c(C#N)c(-c3ccc(C(C)C)cc3)c2C#N)c1. The zero-order valence-electron chi connectivity index (χ0n) is 18.7. The van der Waals surface area contributed by atoms with Crippen LogP contribution in [0.5, 0.6) is 0 Å². The number of aromatic nitrogens is 2. The van der Waals surface area contributed by atoms with Crippen molar-refractivity contribution in [3.8, 4) is 23.3 Å². The van der Waals surface area contributed by atoms with Gasteiger partial charge in [0.1, 0.15) is 34.4 Å². The van der Waals surface area contributed by atoms with Gasteiger partial charge in [-0.05, 0) is 41.7 Å². The quantitative estimate of drug-likeness (QED) is 0.477. The first kappa shape index (κ1) is 23.8. The summed E-state index contributed by atoms with van der Waals surface area (Å²) in [4.78, 5) is 20.7. The highest BCUT2D eigenvalue weighted by Crippen LogP contribution is 2.36. The molecule has 2 aromatic heterocycles. The fraction of sp³-hybridized carbons (Fsp3) is 0.240. The van der Waals surface area contributed by atoms with Crippen molar-refractivity contribution in [1.82, 2.24) is 9.97 Å². The van der Waals surface area contributed by atoms with E-state index in [2.05, 4.69) is 41.3 Å². The van der Waals surface area contributed by atoms with Gasteiger partial charge in [0.25, 0.3) is 0 Å². The normalized spacial score (nSPS) is 10.5. The first-order valence-electron chi connectivity index (χ1n) is 10.4. The van der Waals surface area contributed by atoms with Crippen LogP contribution < -0.4 is 11.1 Å². The standard InChI is InChI=1S/C25H24N6OS/c1-15(2)17-4-6-18(7-5-17)23-19(13-26)24(28)31-25(20(23)14-27)33-11-9-22(32)30-21-12-16(3)8-10-29-21/h4-8,10,12,15H,9,11H2,1-3H3,(H2,28,31)(H,29,30,32). The number of carbonyl (C=O) groups is 1. The summed E-state index contributed by atoms with van der Waals surface area (Å²) in [5.41, 5.74) is 9.89. The molecule has 0 atom stereocenters. The van der Waals surface area contributed by atoms with Crippen molar-refractivity contribution in [3.63, 3.8) is 0 Å². The Labute approximate surface area is 197 Å². The third kappa shape index (κ3) is 5.68. The van der Waals surface area contributed by atoms with Crippen LogP contribution in [0.4, 0.5) is 11.6 Å². The molecular formula is C25H24N6OS. The molecule has 3 aromatic rings. The number of pyridine rings is 2. The Morgan fingerprint density at radius 3 is 2.45 bits per heavy atom. The predicted octanol–water partition coefficient (Wildman–Crippen LogP) is 5.02. The molecule has 3 rings (SSSR count). The number of nitrogens with zero attached hydrogens (tertiary/aromatic N) is 4. The number of nitrogen functional groups attached to an aromatic ring is 1. The van der Waals surface area contributed by atoms with Gasteiger partial charge in [0.15, 0.2) is 0 Å². The molecule has 33 heavy (non-hydrogen) atoms. The molecule has 0 saturated heterocycles. The summed E-state index contributed by atoms with van der Waals surface area (Å²) in [6.45, 7) is 6.12. The number of anilines is 2. The molecule has 0 radical (unpaired) electrons. The Hall–Kier alpha value is -3.88. The Morgan fingerprint density at radius 1 is 1.15 bits per heavy atom. The minimum absolute atomic E-state index is 0.0651. The maximum Gasteiger partial charge on any atom is 0.226 e. The van der Waals surface area contributed by atoms with Crippen molar-refractivity contribution in [3.05, 3.63) is 64.8 Å². The van der Waals surface area contributed by atoms with Gasteiger partial charge in [0.05, 0.1) is 5.56 Å². The van der Waals surface area contributed by atoms with Gasteiger partial charge in [-0.1, -0.05) is 38.1 Å². The highest BCUT2D eigenvalue weighted by atomic mass is 32.2. The second-order valence-corrected chi connectivity index (χ2v) is 8.88. The highest BCUT2D eigenvalue weighted by molar-refractivity contribution is 7.99. The van der Waals surface area contributed by atoms with Crippen LogP contribution >= 0.6 is 11.8 Å². The van der Waals surface area contributed by atoms with Crippen LogP contribution in [-0.4, -0.2) is 21.6 Å². The minimum Gasteiger partial charge on any atom is -0.383 e. The molecule has 0 saturated carbocycles. The summed E-state index contributed by atoms with van der Waals surface area (Å²) in [6, 6.07) is 15.7. The molecule has 0 aliphatic heterocycles. The average Bonchev–Trinajstić information content (AvgIpc) is 2.78. The molecule has 0 unspecified atom stereocenters. The number of nitrogens with one attached hydrogen (secondary N) is 1. The highest BCUT2D eigenvalue weighted by Gasteiger charge is 2.21. The van der Waals surface area contributed by atoms with E-state index in [1.54, 1.807) is 12.3 Å². The maximum atomic E-state index is 12.3. The topological polar surface area (TPSA) is 128 Å². The van der Waals surface area contributed by atoms with E-state index in [0.29, 0.717) is 28.1 Å². The van der Waals surface area contributed by atoms with E-state index in [9.17, 15) is 15.3 Å².